The van der Waals surface area contributed by atoms with Gasteiger partial charge in [0.2, 0.25) is 11.8 Å². The molecule has 0 aliphatic heterocycles. The van der Waals surface area contributed by atoms with Gasteiger partial charge in [-0.25, -0.2) is 0 Å². The van der Waals surface area contributed by atoms with Gasteiger partial charge in [0.25, 0.3) is 0 Å². The number of hydrogen-bond donors (Lipinski definition) is 0. The van der Waals surface area contributed by atoms with Crippen LogP contribution in [0, 0.1) is 6.92 Å². The van der Waals surface area contributed by atoms with E-state index in [0.29, 0.717) is 30.7 Å². The van der Waals surface area contributed by atoms with Gasteiger partial charge >= 0.3 is 0 Å². The molecule has 0 atom stereocenters. The zero-order chi connectivity index (χ0) is 13.0. The topological polar surface area (TPSA) is 57.4 Å². The summed E-state index contributed by atoms with van der Waals surface area (Å²) >= 11 is 0. The Labute approximate surface area is 106 Å². The van der Waals surface area contributed by atoms with Gasteiger partial charge in [0, 0.05) is 12.5 Å². The molecule has 2 aromatic rings. The molecule has 0 saturated heterocycles. The third kappa shape index (κ3) is 2.61. The molecular formula is C13H16N2O3. The fraction of sp³-hybridized carbons (Fsp3) is 0.385. The summed E-state index contributed by atoms with van der Waals surface area (Å²) in [6.45, 7) is 6.80. The molecule has 0 spiro atoms. The summed E-state index contributed by atoms with van der Waals surface area (Å²) in [5.74, 6) is 2.43. The highest BCUT2D eigenvalue weighted by Crippen LogP contribution is 2.32. The number of aromatic nitrogens is 2. The van der Waals surface area contributed by atoms with Crippen LogP contribution in [0.25, 0.3) is 11.5 Å². The Morgan fingerprint density at radius 1 is 1.06 bits per heavy atom. The van der Waals surface area contributed by atoms with Crippen molar-refractivity contribution in [3.8, 4) is 23.0 Å². The minimum Gasteiger partial charge on any atom is -0.490 e. The van der Waals surface area contributed by atoms with Gasteiger partial charge in [0.15, 0.2) is 11.5 Å². The van der Waals surface area contributed by atoms with Crippen LogP contribution < -0.4 is 9.47 Å². The summed E-state index contributed by atoms with van der Waals surface area (Å²) in [4.78, 5) is 0. The van der Waals surface area contributed by atoms with Crippen molar-refractivity contribution in [1.29, 1.82) is 0 Å². The van der Waals surface area contributed by atoms with E-state index in [1.54, 1.807) is 6.92 Å². The molecule has 0 fully saturated rings. The van der Waals surface area contributed by atoms with Crippen molar-refractivity contribution in [2.24, 2.45) is 0 Å². The Hall–Kier alpha value is -2.04. The summed E-state index contributed by atoms with van der Waals surface area (Å²) in [6.07, 6.45) is 0. The molecule has 1 aromatic heterocycles. The molecule has 0 aliphatic carbocycles. The standard InChI is InChI=1S/C13H16N2O3/c1-4-16-11-7-6-10(8-12(11)17-5-2)13-15-14-9(3)18-13/h6-8H,4-5H2,1-3H3. The number of nitrogens with zero attached hydrogens (tertiary/aromatic N) is 2. The van der Waals surface area contributed by atoms with Crippen LogP contribution in [0.4, 0.5) is 0 Å². The first-order chi connectivity index (χ1) is 8.74. The lowest BCUT2D eigenvalue weighted by molar-refractivity contribution is 0.288. The first-order valence-electron chi connectivity index (χ1n) is 5.94. The van der Waals surface area contributed by atoms with Crippen LogP contribution in [-0.4, -0.2) is 23.4 Å². The number of hydrogen-bond acceptors (Lipinski definition) is 5. The van der Waals surface area contributed by atoms with E-state index in [1.807, 2.05) is 32.0 Å². The number of aryl methyl sites for hydroxylation is 1. The van der Waals surface area contributed by atoms with Crippen molar-refractivity contribution in [3.05, 3.63) is 24.1 Å². The smallest absolute Gasteiger partial charge is 0.247 e. The monoisotopic (exact) mass is 248 g/mol. The summed E-state index contributed by atoms with van der Waals surface area (Å²) in [5.41, 5.74) is 0.822. The van der Waals surface area contributed by atoms with E-state index < -0.39 is 0 Å². The van der Waals surface area contributed by atoms with Crippen molar-refractivity contribution in [2.75, 3.05) is 13.2 Å². The van der Waals surface area contributed by atoms with E-state index in [9.17, 15) is 0 Å². The summed E-state index contributed by atoms with van der Waals surface area (Å²) < 4.78 is 16.4. The van der Waals surface area contributed by atoms with E-state index in [0.717, 1.165) is 11.3 Å². The number of benzene rings is 1. The van der Waals surface area contributed by atoms with Gasteiger partial charge in [-0.15, -0.1) is 10.2 Å². The molecule has 5 nitrogen and oxygen atoms in total. The second-order valence-corrected chi connectivity index (χ2v) is 3.65. The fourth-order valence-corrected chi connectivity index (χ4v) is 1.60. The summed E-state index contributed by atoms with van der Waals surface area (Å²) in [5, 5.41) is 7.79. The SMILES string of the molecule is CCOc1ccc(-c2nnc(C)o2)cc1OCC. The van der Waals surface area contributed by atoms with E-state index in [-0.39, 0.29) is 0 Å². The Morgan fingerprint density at radius 2 is 1.78 bits per heavy atom. The van der Waals surface area contributed by atoms with Crippen molar-refractivity contribution in [2.45, 2.75) is 20.8 Å². The van der Waals surface area contributed by atoms with Gasteiger partial charge in [-0.3, -0.25) is 0 Å². The van der Waals surface area contributed by atoms with E-state index >= 15 is 0 Å². The third-order valence-corrected chi connectivity index (χ3v) is 2.32. The average Bonchev–Trinajstić information content (AvgIpc) is 2.79. The Kier molecular flexibility index (Phi) is 3.82. The van der Waals surface area contributed by atoms with Crippen LogP contribution in [0.2, 0.25) is 0 Å². The molecule has 0 bridgehead atoms. The second-order valence-electron chi connectivity index (χ2n) is 3.65. The van der Waals surface area contributed by atoms with Gasteiger partial charge in [-0.05, 0) is 32.0 Å². The first-order valence-corrected chi connectivity index (χ1v) is 5.94. The van der Waals surface area contributed by atoms with Gasteiger partial charge in [-0.2, -0.15) is 0 Å². The molecule has 0 radical (unpaired) electrons. The number of rotatable bonds is 5. The van der Waals surface area contributed by atoms with E-state index in [4.69, 9.17) is 13.9 Å². The van der Waals surface area contributed by atoms with Gasteiger partial charge in [-0.1, -0.05) is 0 Å². The van der Waals surface area contributed by atoms with Crippen LogP contribution >= 0.6 is 0 Å². The highest BCUT2D eigenvalue weighted by atomic mass is 16.5. The minimum atomic E-state index is 0.483. The molecule has 18 heavy (non-hydrogen) atoms. The van der Waals surface area contributed by atoms with Crippen LogP contribution in [0.15, 0.2) is 22.6 Å². The maximum Gasteiger partial charge on any atom is 0.247 e. The summed E-state index contributed by atoms with van der Waals surface area (Å²) in [7, 11) is 0. The van der Waals surface area contributed by atoms with Crippen molar-refractivity contribution >= 4 is 0 Å². The lowest BCUT2D eigenvalue weighted by Crippen LogP contribution is -1.98. The highest BCUT2D eigenvalue weighted by Gasteiger charge is 2.11. The zero-order valence-electron chi connectivity index (χ0n) is 10.8. The molecule has 96 valence electrons. The van der Waals surface area contributed by atoms with Gasteiger partial charge < -0.3 is 13.9 Å². The van der Waals surface area contributed by atoms with Crippen molar-refractivity contribution in [1.82, 2.24) is 10.2 Å². The minimum absolute atomic E-state index is 0.483. The van der Waals surface area contributed by atoms with Crippen LogP contribution in [0.5, 0.6) is 11.5 Å². The molecule has 1 aromatic carbocycles. The van der Waals surface area contributed by atoms with Crippen molar-refractivity contribution < 1.29 is 13.9 Å². The van der Waals surface area contributed by atoms with E-state index in [2.05, 4.69) is 10.2 Å². The van der Waals surface area contributed by atoms with Gasteiger partial charge in [0.05, 0.1) is 13.2 Å². The fourth-order valence-electron chi connectivity index (χ4n) is 1.60. The quantitative estimate of drug-likeness (QED) is 0.814. The number of ether oxygens (including phenoxy) is 2. The first kappa shape index (κ1) is 12.4. The Bertz CT molecular complexity index is 523. The molecule has 0 unspecified atom stereocenters. The summed E-state index contributed by atoms with van der Waals surface area (Å²) in [6, 6.07) is 5.57. The maximum atomic E-state index is 5.54. The van der Waals surface area contributed by atoms with Crippen LogP contribution in [0.3, 0.4) is 0 Å². The predicted octanol–water partition coefficient (Wildman–Crippen LogP) is 2.84. The molecule has 1 heterocycles. The van der Waals surface area contributed by atoms with Crippen molar-refractivity contribution in [3.63, 3.8) is 0 Å². The maximum absolute atomic E-state index is 5.54. The normalized spacial score (nSPS) is 10.4. The second kappa shape index (κ2) is 5.53. The molecule has 0 amide bonds. The Balaban J connectivity index is 2.35. The highest BCUT2D eigenvalue weighted by molar-refractivity contribution is 5.59. The average molecular weight is 248 g/mol. The molecule has 5 heteroatoms. The van der Waals surface area contributed by atoms with Gasteiger partial charge in [0.1, 0.15) is 0 Å². The predicted molar refractivity (Wildman–Crippen MR) is 66.8 cm³/mol. The van der Waals surface area contributed by atoms with Crippen LogP contribution in [0.1, 0.15) is 19.7 Å². The lowest BCUT2D eigenvalue weighted by Gasteiger charge is -2.11. The van der Waals surface area contributed by atoms with Crippen LogP contribution in [-0.2, 0) is 0 Å². The molecule has 0 N–H and O–H groups in total. The largest absolute Gasteiger partial charge is 0.490 e. The Morgan fingerprint density at radius 3 is 2.39 bits per heavy atom. The molecule has 0 saturated carbocycles. The third-order valence-electron chi connectivity index (χ3n) is 2.32. The molecular weight excluding hydrogens is 232 g/mol. The zero-order valence-corrected chi connectivity index (χ0v) is 10.8. The van der Waals surface area contributed by atoms with E-state index in [1.165, 1.54) is 0 Å². The lowest BCUT2D eigenvalue weighted by atomic mass is 10.2. The molecule has 2 rings (SSSR count). The molecule has 0 aliphatic rings.